The molecule has 2 N–H and O–H groups in total. The van der Waals surface area contributed by atoms with E-state index in [1.807, 2.05) is 27.7 Å². The summed E-state index contributed by atoms with van der Waals surface area (Å²) < 4.78 is 28.4. The first kappa shape index (κ1) is 19.1. The van der Waals surface area contributed by atoms with Crippen molar-refractivity contribution in [1.29, 1.82) is 0 Å². The van der Waals surface area contributed by atoms with Crippen LogP contribution in [0.15, 0.2) is 14.7 Å². The van der Waals surface area contributed by atoms with E-state index < -0.39 is 10.0 Å². The molecular weight excluding hydrogens is 372 g/mol. The van der Waals surface area contributed by atoms with Crippen molar-refractivity contribution in [1.82, 2.24) is 10.0 Å². The molecule has 0 saturated heterocycles. The van der Waals surface area contributed by atoms with Crippen molar-refractivity contribution in [2.24, 2.45) is 5.41 Å². The minimum atomic E-state index is -3.50. The predicted molar refractivity (Wildman–Crippen MR) is 93.3 cm³/mol. The average Bonchev–Trinajstić information content (AvgIpc) is 2.70. The van der Waals surface area contributed by atoms with Gasteiger partial charge in [0.1, 0.15) is 4.90 Å². The molecule has 122 valence electrons. The maximum Gasteiger partial charge on any atom is 0.242 e. The maximum atomic E-state index is 12.5. The van der Waals surface area contributed by atoms with E-state index in [9.17, 15) is 8.42 Å². The monoisotopic (exact) mass is 396 g/mol. The van der Waals surface area contributed by atoms with Gasteiger partial charge < -0.3 is 5.32 Å². The fourth-order valence-electron chi connectivity index (χ4n) is 1.53. The third-order valence-corrected chi connectivity index (χ3v) is 7.15. The topological polar surface area (TPSA) is 58.2 Å². The van der Waals surface area contributed by atoms with Gasteiger partial charge in [0.25, 0.3) is 0 Å². The Bertz CT molecular complexity index is 562. The Morgan fingerprint density at radius 1 is 1.38 bits per heavy atom. The van der Waals surface area contributed by atoms with Gasteiger partial charge in [-0.1, -0.05) is 27.7 Å². The van der Waals surface area contributed by atoms with Crippen LogP contribution in [0.5, 0.6) is 0 Å². The molecule has 0 aliphatic carbocycles. The molecule has 0 fully saturated rings. The quantitative estimate of drug-likeness (QED) is 0.690. The normalized spacial score (nSPS) is 14.4. The van der Waals surface area contributed by atoms with Crippen molar-refractivity contribution < 1.29 is 8.42 Å². The lowest BCUT2D eigenvalue weighted by atomic mass is 9.89. The van der Waals surface area contributed by atoms with Gasteiger partial charge in [0.15, 0.2) is 0 Å². The first-order chi connectivity index (χ1) is 9.58. The van der Waals surface area contributed by atoms with Crippen LogP contribution in [0, 0.1) is 5.41 Å². The molecule has 0 aromatic carbocycles. The van der Waals surface area contributed by atoms with Crippen LogP contribution in [0.2, 0.25) is 0 Å². The van der Waals surface area contributed by atoms with E-state index in [1.165, 1.54) is 11.3 Å². The van der Waals surface area contributed by atoms with E-state index in [0.717, 1.165) is 17.8 Å². The molecule has 1 atom stereocenters. The molecule has 0 radical (unpaired) electrons. The molecular formula is C14H25BrN2O2S2. The molecule has 1 unspecified atom stereocenters. The van der Waals surface area contributed by atoms with E-state index >= 15 is 0 Å². The summed E-state index contributed by atoms with van der Waals surface area (Å²) in [6.07, 6.45) is 1.06. The molecule has 1 aromatic rings. The van der Waals surface area contributed by atoms with Gasteiger partial charge in [-0.2, -0.15) is 0 Å². The van der Waals surface area contributed by atoms with Crippen LogP contribution in [0.3, 0.4) is 0 Å². The highest BCUT2D eigenvalue weighted by Gasteiger charge is 2.28. The number of sulfonamides is 1. The molecule has 0 aliphatic rings. The largest absolute Gasteiger partial charge is 0.312 e. The third-order valence-electron chi connectivity index (χ3n) is 3.35. The van der Waals surface area contributed by atoms with E-state index in [-0.39, 0.29) is 11.5 Å². The lowest BCUT2D eigenvalue weighted by molar-refractivity contribution is 0.317. The number of halogens is 1. The lowest BCUT2D eigenvalue weighted by Crippen LogP contribution is -2.41. The van der Waals surface area contributed by atoms with Crippen molar-refractivity contribution in [3.8, 4) is 0 Å². The fraction of sp³-hybridized carbons (Fsp3) is 0.714. The molecule has 7 heteroatoms. The zero-order valence-corrected chi connectivity index (χ0v) is 16.5. The summed E-state index contributed by atoms with van der Waals surface area (Å²) in [7, 11) is -3.50. The highest BCUT2D eigenvalue weighted by atomic mass is 79.9. The van der Waals surface area contributed by atoms with Crippen LogP contribution in [-0.4, -0.2) is 21.0 Å². The molecule has 0 spiro atoms. The Balaban J connectivity index is 2.88. The van der Waals surface area contributed by atoms with Gasteiger partial charge in [-0.15, -0.1) is 11.3 Å². The molecule has 0 aliphatic heterocycles. The van der Waals surface area contributed by atoms with Gasteiger partial charge >= 0.3 is 0 Å². The van der Waals surface area contributed by atoms with Gasteiger partial charge in [-0.05, 0) is 47.3 Å². The smallest absolute Gasteiger partial charge is 0.242 e. The summed E-state index contributed by atoms with van der Waals surface area (Å²) in [5, 5.41) is 3.28. The Kier molecular flexibility index (Phi) is 6.86. The summed E-state index contributed by atoms with van der Waals surface area (Å²) in [5.41, 5.74) is -0.124. The standard InChI is InChI=1S/C14H25BrN2O2S2/c1-6-7-16-9-11-8-12(13(15)20-11)21(18,19)17-10(2)14(3,4)5/h8,10,16-17H,6-7,9H2,1-5H3. The first-order valence-electron chi connectivity index (χ1n) is 7.09. The number of nitrogens with one attached hydrogen (secondary N) is 2. The number of hydrogen-bond acceptors (Lipinski definition) is 4. The van der Waals surface area contributed by atoms with Crippen LogP contribution in [0.25, 0.3) is 0 Å². The van der Waals surface area contributed by atoms with E-state index in [1.54, 1.807) is 6.07 Å². The summed E-state index contributed by atoms with van der Waals surface area (Å²) in [4.78, 5) is 1.34. The predicted octanol–water partition coefficient (Wildman–Crippen LogP) is 3.72. The Morgan fingerprint density at radius 2 is 2.00 bits per heavy atom. The second kappa shape index (κ2) is 7.55. The molecule has 21 heavy (non-hydrogen) atoms. The average molecular weight is 397 g/mol. The summed E-state index contributed by atoms with van der Waals surface area (Å²) in [6.45, 7) is 11.7. The second-order valence-electron chi connectivity index (χ2n) is 6.24. The van der Waals surface area contributed by atoms with Crippen LogP contribution in [0.4, 0.5) is 0 Å². The fourth-order valence-corrected chi connectivity index (χ4v) is 5.63. The summed E-state index contributed by atoms with van der Waals surface area (Å²) in [5.74, 6) is 0. The van der Waals surface area contributed by atoms with Gasteiger partial charge in [0.2, 0.25) is 10.0 Å². The number of hydrogen-bond donors (Lipinski definition) is 2. The molecule has 4 nitrogen and oxygen atoms in total. The van der Waals surface area contributed by atoms with Crippen molar-refractivity contribution >= 4 is 37.3 Å². The van der Waals surface area contributed by atoms with E-state index in [4.69, 9.17) is 0 Å². The van der Waals surface area contributed by atoms with Gasteiger partial charge in [-0.25, -0.2) is 13.1 Å². The first-order valence-corrected chi connectivity index (χ1v) is 10.2. The Labute approximate surface area is 140 Å². The molecule has 0 amide bonds. The molecule has 0 saturated carbocycles. The Morgan fingerprint density at radius 3 is 2.52 bits per heavy atom. The minimum absolute atomic E-state index is 0.124. The molecule has 1 rings (SSSR count). The highest BCUT2D eigenvalue weighted by Crippen LogP contribution is 2.32. The molecule has 1 aromatic heterocycles. The van der Waals surface area contributed by atoms with Gasteiger partial charge in [-0.3, -0.25) is 0 Å². The second-order valence-corrected chi connectivity index (χ2v) is 10.4. The van der Waals surface area contributed by atoms with Crippen molar-refractivity contribution in [3.63, 3.8) is 0 Å². The Hall–Kier alpha value is 0.0500. The number of thiophene rings is 1. The molecule has 0 bridgehead atoms. The van der Waals surface area contributed by atoms with Crippen molar-refractivity contribution in [3.05, 3.63) is 14.7 Å². The lowest BCUT2D eigenvalue weighted by Gasteiger charge is -2.27. The zero-order valence-electron chi connectivity index (χ0n) is 13.3. The van der Waals surface area contributed by atoms with Crippen LogP contribution in [-0.2, 0) is 16.6 Å². The van der Waals surface area contributed by atoms with Gasteiger partial charge in [0.05, 0.1) is 3.79 Å². The van der Waals surface area contributed by atoms with Gasteiger partial charge in [0, 0.05) is 17.5 Å². The van der Waals surface area contributed by atoms with E-state index in [2.05, 4.69) is 32.9 Å². The maximum absolute atomic E-state index is 12.5. The number of rotatable bonds is 7. The van der Waals surface area contributed by atoms with Crippen LogP contribution in [0.1, 0.15) is 45.9 Å². The van der Waals surface area contributed by atoms with Crippen LogP contribution >= 0.6 is 27.3 Å². The molecule has 1 heterocycles. The van der Waals surface area contributed by atoms with Crippen LogP contribution < -0.4 is 10.0 Å². The minimum Gasteiger partial charge on any atom is -0.312 e. The summed E-state index contributed by atoms with van der Waals surface area (Å²) in [6, 6.07) is 1.60. The zero-order chi connectivity index (χ0) is 16.3. The third kappa shape index (κ3) is 5.63. The van der Waals surface area contributed by atoms with E-state index in [0.29, 0.717) is 15.2 Å². The summed E-state index contributed by atoms with van der Waals surface area (Å²) >= 11 is 4.84. The van der Waals surface area contributed by atoms with Crippen molar-refractivity contribution in [2.45, 2.75) is 58.5 Å². The highest BCUT2D eigenvalue weighted by molar-refractivity contribution is 9.11. The SMILES string of the molecule is CCCNCc1cc(S(=O)(=O)NC(C)C(C)(C)C)c(Br)s1. The van der Waals surface area contributed by atoms with Crippen molar-refractivity contribution in [2.75, 3.05) is 6.54 Å².